The lowest BCUT2D eigenvalue weighted by Gasteiger charge is -2.18. The average molecular weight is 298 g/mol. The van der Waals surface area contributed by atoms with Gasteiger partial charge in [-0.3, -0.25) is 14.0 Å². The predicted molar refractivity (Wildman–Crippen MR) is 70.8 cm³/mol. The van der Waals surface area contributed by atoms with E-state index in [1.54, 1.807) is 0 Å². The maximum Gasteiger partial charge on any atom is 0.394 e. The maximum absolute atomic E-state index is 8.74. The van der Waals surface area contributed by atoms with Crippen LogP contribution in [0.15, 0.2) is 5.16 Å². The summed E-state index contributed by atoms with van der Waals surface area (Å²) < 4.78 is 31.6. The van der Waals surface area contributed by atoms with Crippen molar-refractivity contribution >= 4 is 16.4 Å². The Bertz CT molecular complexity index is 340. The van der Waals surface area contributed by atoms with Crippen molar-refractivity contribution in [3.8, 4) is 0 Å². The molecule has 0 aromatic carbocycles. The lowest BCUT2D eigenvalue weighted by molar-refractivity contribution is 0.111. The molecule has 0 aromatic heterocycles. The van der Waals surface area contributed by atoms with Gasteiger partial charge < -0.3 is 16.3 Å². The number of rotatable bonds is 4. The fourth-order valence-corrected chi connectivity index (χ4v) is 1.65. The highest BCUT2D eigenvalue weighted by molar-refractivity contribution is 7.79. The van der Waals surface area contributed by atoms with E-state index < -0.39 is 10.4 Å². The molecule has 0 saturated carbocycles. The summed E-state index contributed by atoms with van der Waals surface area (Å²) in [5.41, 5.74) is 10.3. The van der Waals surface area contributed by atoms with Crippen LogP contribution >= 0.6 is 0 Å². The third-order valence-electron chi connectivity index (χ3n) is 2.37. The van der Waals surface area contributed by atoms with Crippen molar-refractivity contribution in [2.24, 2.45) is 16.6 Å². The number of hydrogen-bond acceptors (Lipinski definition) is 5. The van der Waals surface area contributed by atoms with Gasteiger partial charge in [0.25, 0.3) is 0 Å². The van der Waals surface area contributed by atoms with E-state index in [1.165, 1.54) is 38.8 Å². The fourth-order valence-electron chi connectivity index (χ4n) is 1.65. The molecule has 0 bridgehead atoms. The smallest absolute Gasteiger partial charge is 0.391 e. The molecule has 0 radical (unpaired) electrons. The predicted octanol–water partition coefficient (Wildman–Crippen LogP) is -0.585. The second-order valence-electron chi connectivity index (χ2n) is 4.05. The van der Waals surface area contributed by atoms with Gasteiger partial charge in [0.2, 0.25) is 5.96 Å². The molecule has 0 amide bonds. The minimum absolute atomic E-state index is 0.0131. The van der Waals surface area contributed by atoms with Gasteiger partial charge >= 0.3 is 10.4 Å². The monoisotopic (exact) mass is 298 g/mol. The molecule has 0 spiro atoms. The molecule has 19 heavy (non-hydrogen) atoms. The van der Waals surface area contributed by atoms with Crippen molar-refractivity contribution in [1.82, 2.24) is 4.90 Å². The van der Waals surface area contributed by atoms with E-state index in [4.69, 9.17) is 33.8 Å². The summed E-state index contributed by atoms with van der Waals surface area (Å²) in [5.74, 6) is -0.0131. The Kier molecular flexibility index (Phi) is 9.21. The van der Waals surface area contributed by atoms with Crippen molar-refractivity contribution in [2.75, 3.05) is 26.2 Å². The molecule has 1 aliphatic rings. The van der Waals surface area contributed by atoms with E-state index in [0.29, 0.717) is 6.61 Å². The topological polar surface area (TPSA) is 151 Å². The van der Waals surface area contributed by atoms with Crippen LogP contribution in [0.3, 0.4) is 0 Å². The molecule has 0 atom stereocenters. The molecule has 1 aliphatic heterocycles. The van der Waals surface area contributed by atoms with Gasteiger partial charge in [0, 0.05) is 6.54 Å². The molecule has 0 unspecified atom stereocenters. The lowest BCUT2D eigenvalue weighted by atomic mass is 10.2. The molecule has 0 aliphatic carbocycles. The van der Waals surface area contributed by atoms with Gasteiger partial charge in [0.1, 0.15) is 6.61 Å². The van der Waals surface area contributed by atoms with E-state index in [1.807, 2.05) is 0 Å². The summed E-state index contributed by atoms with van der Waals surface area (Å²) in [6, 6.07) is 0. The second-order valence-corrected chi connectivity index (χ2v) is 4.95. The van der Waals surface area contributed by atoms with Crippen LogP contribution < -0.4 is 11.5 Å². The van der Waals surface area contributed by atoms with Crippen LogP contribution in [0.4, 0.5) is 0 Å². The number of hydrogen-bond donors (Lipinski definition) is 4. The number of guanidine groups is 1. The van der Waals surface area contributed by atoms with Crippen molar-refractivity contribution in [1.29, 1.82) is 0 Å². The average Bonchev–Trinajstić information content (AvgIpc) is 2.50. The molecule has 6 N–H and O–H groups in total. The molecule has 9 nitrogen and oxygen atoms in total. The minimum Gasteiger partial charge on any atom is -0.391 e. The summed E-state index contributed by atoms with van der Waals surface area (Å²) in [5, 5.41) is 3.48. The Hall–Kier alpha value is -1.10. The highest BCUT2D eigenvalue weighted by atomic mass is 32.3. The number of oxime groups is 1. The standard InChI is InChI=1S/C9H20N4O.H2O4S/c10-9(11)12-14-8-7-13-5-3-1-2-4-6-13;1-5(2,3)4/h1-8H2,(H4,10,11,12);(H2,1,2,3,4). The number of likely N-dealkylation sites (tertiary alicyclic amines) is 1. The molecular formula is C9H22N4O5S. The molecule has 1 saturated heterocycles. The third kappa shape index (κ3) is 16.9. The molecular weight excluding hydrogens is 276 g/mol. The Balaban J connectivity index is 0.000000555. The number of nitrogens with zero attached hydrogens (tertiary/aromatic N) is 2. The van der Waals surface area contributed by atoms with Crippen LogP contribution in [-0.2, 0) is 15.2 Å². The summed E-state index contributed by atoms with van der Waals surface area (Å²) >= 11 is 0. The van der Waals surface area contributed by atoms with Crippen LogP contribution in [0.1, 0.15) is 25.7 Å². The summed E-state index contributed by atoms with van der Waals surface area (Å²) in [7, 11) is -4.67. The van der Waals surface area contributed by atoms with E-state index in [0.717, 1.165) is 6.54 Å². The molecule has 0 aromatic rings. The maximum atomic E-state index is 8.74. The van der Waals surface area contributed by atoms with Gasteiger partial charge in [0.15, 0.2) is 0 Å². The zero-order valence-corrected chi connectivity index (χ0v) is 11.5. The van der Waals surface area contributed by atoms with E-state index in [-0.39, 0.29) is 5.96 Å². The van der Waals surface area contributed by atoms with E-state index in [9.17, 15) is 0 Å². The van der Waals surface area contributed by atoms with Crippen LogP contribution in [-0.4, -0.2) is 54.6 Å². The van der Waals surface area contributed by atoms with Crippen molar-refractivity contribution < 1.29 is 22.4 Å². The van der Waals surface area contributed by atoms with Crippen LogP contribution in [0.2, 0.25) is 0 Å². The lowest BCUT2D eigenvalue weighted by Crippen LogP contribution is -2.29. The van der Waals surface area contributed by atoms with Gasteiger partial charge in [-0.25, -0.2) is 0 Å². The van der Waals surface area contributed by atoms with Crippen molar-refractivity contribution in [3.63, 3.8) is 0 Å². The van der Waals surface area contributed by atoms with Crippen LogP contribution in [0.5, 0.6) is 0 Å². The van der Waals surface area contributed by atoms with Gasteiger partial charge in [0.05, 0.1) is 0 Å². The first-order valence-corrected chi connectivity index (χ1v) is 7.32. The molecule has 114 valence electrons. The first kappa shape index (κ1) is 17.9. The molecule has 10 heteroatoms. The van der Waals surface area contributed by atoms with Crippen LogP contribution in [0.25, 0.3) is 0 Å². The molecule has 1 fully saturated rings. The SMILES string of the molecule is NC(N)=NOCCN1CCCCCC1.O=S(=O)(O)O. The third-order valence-corrected chi connectivity index (χ3v) is 2.37. The first-order valence-electron chi connectivity index (χ1n) is 5.92. The Morgan fingerprint density at radius 2 is 1.63 bits per heavy atom. The Morgan fingerprint density at radius 3 is 2.05 bits per heavy atom. The fraction of sp³-hybridized carbons (Fsp3) is 0.889. The molecule has 1 rings (SSSR count). The Morgan fingerprint density at radius 1 is 1.16 bits per heavy atom. The Labute approximate surface area is 113 Å². The quantitative estimate of drug-likeness (QED) is 0.177. The largest absolute Gasteiger partial charge is 0.394 e. The van der Waals surface area contributed by atoms with Gasteiger partial charge in [-0.05, 0) is 31.1 Å². The minimum atomic E-state index is -4.67. The van der Waals surface area contributed by atoms with Crippen molar-refractivity contribution in [2.45, 2.75) is 25.7 Å². The van der Waals surface area contributed by atoms with Crippen LogP contribution in [0, 0.1) is 0 Å². The summed E-state index contributed by atoms with van der Waals surface area (Å²) in [6.45, 7) is 3.82. The zero-order chi connectivity index (χ0) is 14.7. The highest BCUT2D eigenvalue weighted by Gasteiger charge is 2.07. The van der Waals surface area contributed by atoms with E-state index in [2.05, 4.69) is 10.1 Å². The zero-order valence-electron chi connectivity index (χ0n) is 10.7. The van der Waals surface area contributed by atoms with Gasteiger partial charge in [-0.2, -0.15) is 8.42 Å². The van der Waals surface area contributed by atoms with Gasteiger partial charge in [-0.1, -0.05) is 12.8 Å². The van der Waals surface area contributed by atoms with Gasteiger partial charge in [-0.15, -0.1) is 0 Å². The first-order chi connectivity index (χ1) is 8.79. The number of nitrogens with two attached hydrogens (primary N) is 2. The van der Waals surface area contributed by atoms with E-state index >= 15 is 0 Å². The van der Waals surface area contributed by atoms with Crippen molar-refractivity contribution in [3.05, 3.63) is 0 Å². The highest BCUT2D eigenvalue weighted by Crippen LogP contribution is 2.08. The second kappa shape index (κ2) is 9.78. The summed E-state index contributed by atoms with van der Waals surface area (Å²) in [6.07, 6.45) is 5.29. The normalized spacial score (nSPS) is 16.7. The summed E-state index contributed by atoms with van der Waals surface area (Å²) in [4.78, 5) is 7.33. The molecule has 1 heterocycles.